The van der Waals surface area contributed by atoms with Gasteiger partial charge in [-0.15, -0.1) is 0 Å². The molecule has 1 saturated heterocycles. The number of benzene rings is 2. The maximum absolute atomic E-state index is 12.4. The summed E-state index contributed by atoms with van der Waals surface area (Å²) < 4.78 is 1.69. The lowest BCUT2D eigenvalue weighted by Gasteiger charge is -2.30. The van der Waals surface area contributed by atoms with Crippen LogP contribution in [-0.2, 0) is 17.8 Å². The van der Waals surface area contributed by atoms with E-state index in [0.29, 0.717) is 6.42 Å². The van der Waals surface area contributed by atoms with Crippen LogP contribution in [0.2, 0.25) is 0 Å². The molecule has 1 aliphatic heterocycles. The number of rotatable bonds is 6. The molecule has 2 aromatic carbocycles. The molecule has 2 N–H and O–H groups in total. The molecule has 0 saturated carbocycles. The van der Waals surface area contributed by atoms with Crippen molar-refractivity contribution in [1.82, 2.24) is 20.2 Å². The second kappa shape index (κ2) is 8.76. The molecule has 1 unspecified atom stereocenters. The van der Waals surface area contributed by atoms with Crippen LogP contribution in [0.4, 0.5) is 0 Å². The van der Waals surface area contributed by atoms with Crippen molar-refractivity contribution in [3.63, 3.8) is 0 Å². The average Bonchev–Trinajstić information content (AvgIpc) is 3.19. The lowest BCUT2D eigenvalue weighted by atomic mass is 9.98. The number of amides is 1. The van der Waals surface area contributed by atoms with E-state index in [1.165, 1.54) is 18.4 Å². The van der Waals surface area contributed by atoms with Gasteiger partial charge in [-0.3, -0.25) is 19.6 Å². The van der Waals surface area contributed by atoms with Crippen molar-refractivity contribution in [1.29, 1.82) is 0 Å². The largest absolute Gasteiger partial charge is 0.299 e. The fraction of sp³-hybridized carbons (Fsp3) is 0.391. The Morgan fingerprint density at radius 3 is 2.66 bits per heavy atom. The van der Waals surface area contributed by atoms with Crippen LogP contribution in [-0.4, -0.2) is 38.9 Å². The summed E-state index contributed by atoms with van der Waals surface area (Å²) >= 11 is 0. The number of hydroxylamine groups is 1. The van der Waals surface area contributed by atoms with E-state index in [1.807, 2.05) is 42.6 Å². The second-order valence-electron chi connectivity index (χ2n) is 8.10. The number of carbonyl (C=O) groups excluding carboxylic acids is 1. The third-order valence-electron chi connectivity index (χ3n) is 5.91. The molecule has 0 radical (unpaired) electrons. The maximum Gasteiger partial charge on any atom is 0.268 e. The summed E-state index contributed by atoms with van der Waals surface area (Å²) in [6.07, 6.45) is 4.83. The van der Waals surface area contributed by atoms with Gasteiger partial charge in [0.05, 0.1) is 5.52 Å². The van der Waals surface area contributed by atoms with Gasteiger partial charge < -0.3 is 0 Å². The third-order valence-corrected chi connectivity index (χ3v) is 5.91. The van der Waals surface area contributed by atoms with Crippen LogP contribution in [0.15, 0.2) is 54.7 Å². The first-order valence-electron chi connectivity index (χ1n) is 10.3. The van der Waals surface area contributed by atoms with Crippen molar-refractivity contribution < 1.29 is 10.0 Å². The van der Waals surface area contributed by atoms with Crippen LogP contribution in [0.25, 0.3) is 10.9 Å². The maximum atomic E-state index is 12.4. The Morgan fingerprint density at radius 1 is 1.17 bits per heavy atom. The third kappa shape index (κ3) is 4.49. The van der Waals surface area contributed by atoms with Crippen molar-refractivity contribution in [3.05, 3.63) is 65.9 Å². The Balaban J connectivity index is 1.61. The molecular formula is C23H28N4O2. The van der Waals surface area contributed by atoms with Gasteiger partial charge in [-0.2, -0.15) is 5.10 Å². The molecule has 1 amide bonds. The summed E-state index contributed by atoms with van der Waals surface area (Å²) in [6, 6.07) is 15.4. The van der Waals surface area contributed by atoms with Gasteiger partial charge in [0.25, 0.3) is 5.91 Å². The standard InChI is InChI=1S/C23H28N4O2/c1-17-10-12-26(13-11-17)15-19-8-5-9-20-16-27(24-22(19)20)21(23(28)25-29)14-18-6-3-2-4-7-18/h2-9,16-17,21,29H,10-15H2,1H3,(H,25,28). The SMILES string of the molecule is CC1CCN(Cc2cccc3cn(C(Cc4ccccc4)C(=O)NO)nc23)CC1. The van der Waals surface area contributed by atoms with Crippen LogP contribution < -0.4 is 5.48 Å². The first kappa shape index (κ1) is 19.6. The lowest BCUT2D eigenvalue weighted by Crippen LogP contribution is -2.32. The molecule has 4 rings (SSSR count). The van der Waals surface area contributed by atoms with Crippen LogP contribution in [0.5, 0.6) is 0 Å². The van der Waals surface area contributed by atoms with Crippen LogP contribution in [0, 0.1) is 5.92 Å². The van der Waals surface area contributed by atoms with E-state index >= 15 is 0 Å². The molecule has 6 heteroatoms. The Labute approximate surface area is 171 Å². The zero-order valence-electron chi connectivity index (χ0n) is 16.8. The first-order valence-corrected chi connectivity index (χ1v) is 10.3. The smallest absolute Gasteiger partial charge is 0.268 e. The van der Waals surface area contributed by atoms with Gasteiger partial charge in [0.2, 0.25) is 0 Å². The van der Waals surface area contributed by atoms with E-state index in [1.54, 1.807) is 10.2 Å². The number of nitrogens with one attached hydrogen (secondary N) is 1. The summed E-state index contributed by atoms with van der Waals surface area (Å²) in [6.45, 7) is 5.42. The Kier molecular flexibility index (Phi) is 5.92. The topological polar surface area (TPSA) is 70.4 Å². The second-order valence-corrected chi connectivity index (χ2v) is 8.10. The van der Waals surface area contributed by atoms with Gasteiger partial charge in [-0.25, -0.2) is 5.48 Å². The van der Waals surface area contributed by atoms with E-state index < -0.39 is 11.9 Å². The highest BCUT2D eigenvalue weighted by Crippen LogP contribution is 2.24. The predicted molar refractivity (Wildman–Crippen MR) is 113 cm³/mol. The van der Waals surface area contributed by atoms with E-state index in [-0.39, 0.29) is 0 Å². The molecule has 0 spiro atoms. The van der Waals surface area contributed by atoms with Gasteiger partial charge >= 0.3 is 0 Å². The Hall–Kier alpha value is -2.70. The normalized spacial score (nSPS) is 16.8. The van der Waals surface area contributed by atoms with Crippen molar-refractivity contribution in [3.8, 4) is 0 Å². The molecule has 29 heavy (non-hydrogen) atoms. The van der Waals surface area contributed by atoms with E-state index in [0.717, 1.165) is 42.0 Å². The molecule has 0 bridgehead atoms. The minimum atomic E-state index is -0.613. The number of piperidine rings is 1. The number of likely N-dealkylation sites (tertiary alicyclic amines) is 1. The fourth-order valence-electron chi connectivity index (χ4n) is 4.09. The van der Waals surface area contributed by atoms with Crippen LogP contribution >= 0.6 is 0 Å². The van der Waals surface area contributed by atoms with Gasteiger partial charge in [-0.1, -0.05) is 55.5 Å². The summed E-state index contributed by atoms with van der Waals surface area (Å²) in [7, 11) is 0. The Morgan fingerprint density at radius 2 is 1.93 bits per heavy atom. The zero-order chi connectivity index (χ0) is 20.2. The monoisotopic (exact) mass is 392 g/mol. The highest BCUT2D eigenvalue weighted by atomic mass is 16.5. The highest BCUT2D eigenvalue weighted by molar-refractivity contribution is 5.83. The van der Waals surface area contributed by atoms with Gasteiger partial charge in [0.15, 0.2) is 0 Å². The van der Waals surface area contributed by atoms with E-state index in [4.69, 9.17) is 5.10 Å². The van der Waals surface area contributed by atoms with Crippen molar-refractivity contribution >= 4 is 16.8 Å². The van der Waals surface area contributed by atoms with E-state index in [9.17, 15) is 10.0 Å². The summed E-state index contributed by atoms with van der Waals surface area (Å²) in [5.74, 6) is 0.338. The average molecular weight is 393 g/mol. The minimum Gasteiger partial charge on any atom is -0.299 e. The molecule has 3 aromatic rings. The van der Waals surface area contributed by atoms with Gasteiger partial charge in [0, 0.05) is 24.5 Å². The van der Waals surface area contributed by atoms with Crippen LogP contribution in [0.3, 0.4) is 0 Å². The molecule has 6 nitrogen and oxygen atoms in total. The van der Waals surface area contributed by atoms with Crippen molar-refractivity contribution in [2.24, 2.45) is 5.92 Å². The summed E-state index contributed by atoms with van der Waals surface area (Å²) in [5, 5.41) is 15.1. The van der Waals surface area contributed by atoms with Crippen molar-refractivity contribution in [2.75, 3.05) is 13.1 Å². The fourth-order valence-corrected chi connectivity index (χ4v) is 4.09. The number of carbonyl (C=O) groups is 1. The quantitative estimate of drug-likeness (QED) is 0.497. The van der Waals surface area contributed by atoms with Gasteiger partial charge in [0.1, 0.15) is 6.04 Å². The summed E-state index contributed by atoms with van der Waals surface area (Å²) in [4.78, 5) is 14.9. The number of hydrogen-bond donors (Lipinski definition) is 2. The molecular weight excluding hydrogens is 364 g/mol. The Bertz CT molecular complexity index is 961. The van der Waals surface area contributed by atoms with Crippen molar-refractivity contribution in [2.45, 2.75) is 38.8 Å². The predicted octanol–water partition coefficient (Wildman–Crippen LogP) is 3.56. The minimum absolute atomic E-state index is 0.459. The molecule has 1 aliphatic rings. The van der Waals surface area contributed by atoms with Gasteiger partial charge in [-0.05, 0) is 43.0 Å². The number of hydrogen-bond acceptors (Lipinski definition) is 4. The molecule has 152 valence electrons. The number of fused-ring (bicyclic) bond motifs is 1. The molecule has 1 fully saturated rings. The number of nitrogens with zero attached hydrogens (tertiary/aromatic N) is 3. The molecule has 1 aromatic heterocycles. The highest BCUT2D eigenvalue weighted by Gasteiger charge is 2.23. The summed E-state index contributed by atoms with van der Waals surface area (Å²) in [5.41, 5.74) is 4.93. The number of aromatic nitrogens is 2. The lowest BCUT2D eigenvalue weighted by molar-refractivity contribution is -0.132. The zero-order valence-corrected chi connectivity index (χ0v) is 16.8. The molecule has 1 atom stereocenters. The van der Waals surface area contributed by atoms with E-state index in [2.05, 4.69) is 24.0 Å². The van der Waals surface area contributed by atoms with Crippen LogP contribution in [0.1, 0.15) is 36.9 Å². The molecule has 2 heterocycles. The first-order chi connectivity index (χ1) is 14.1. The molecule has 0 aliphatic carbocycles.